The molecule has 0 radical (unpaired) electrons. The van der Waals surface area contributed by atoms with Crippen molar-refractivity contribution in [2.45, 2.75) is 140 Å². The summed E-state index contributed by atoms with van der Waals surface area (Å²) in [5.74, 6) is -1.86. The predicted octanol–water partition coefficient (Wildman–Crippen LogP) is 6.81. The number of benzene rings is 2. The van der Waals surface area contributed by atoms with Crippen molar-refractivity contribution in [3.05, 3.63) is 78.4 Å². The lowest BCUT2D eigenvalue weighted by molar-refractivity contribution is -0.154. The SMILES string of the molecule is C=C[C@@H]1C[C@]1(CC(=O)[C@@H]1C[C@@H]2CN1C(=O)[C@H](C(C)(C)C)CC(=O)O[C@@H]1C[C@H]1CCCCCc1c(nc3ccccc3c1OCCCN1CC(O)(c3ccccc3)C1)O2)C(=O)NS(=O)(=O)C1(C)CC1. The maximum absolute atomic E-state index is 15.0. The van der Waals surface area contributed by atoms with Gasteiger partial charge in [0.2, 0.25) is 27.7 Å². The van der Waals surface area contributed by atoms with Crippen molar-refractivity contribution in [2.24, 2.45) is 28.6 Å². The Bertz CT molecular complexity index is 2550. The van der Waals surface area contributed by atoms with Gasteiger partial charge in [0.25, 0.3) is 0 Å². The van der Waals surface area contributed by atoms with Gasteiger partial charge in [0.1, 0.15) is 23.6 Å². The predicted molar refractivity (Wildman–Crippen MR) is 256 cm³/mol. The van der Waals surface area contributed by atoms with E-state index >= 15 is 4.79 Å². The first-order valence-electron chi connectivity index (χ1n) is 24.8. The molecule has 9 rings (SSSR count). The fourth-order valence-corrected chi connectivity index (χ4v) is 12.2. The minimum atomic E-state index is -3.98. The van der Waals surface area contributed by atoms with Crippen molar-refractivity contribution in [2.75, 3.05) is 32.8 Å². The lowest BCUT2D eigenvalue weighted by Crippen LogP contribution is -2.59. The first-order chi connectivity index (χ1) is 32.3. The number of nitrogens with one attached hydrogen (secondary N) is 1. The molecule has 15 heteroatoms. The maximum atomic E-state index is 15.0. The van der Waals surface area contributed by atoms with Gasteiger partial charge in [0.05, 0.1) is 52.8 Å². The van der Waals surface area contributed by atoms with Gasteiger partial charge >= 0.3 is 5.97 Å². The second-order valence-electron chi connectivity index (χ2n) is 22.0. The van der Waals surface area contributed by atoms with Gasteiger partial charge in [-0.25, -0.2) is 13.4 Å². The van der Waals surface area contributed by atoms with Gasteiger partial charge in [-0.3, -0.25) is 28.8 Å². The molecule has 7 atom stereocenters. The molecule has 14 nitrogen and oxygen atoms in total. The minimum Gasteiger partial charge on any atom is -0.492 e. The number of nitrogens with zero attached hydrogens (tertiary/aromatic N) is 3. The standard InChI is InChI=1S/C53H68N4O10S/c1-6-35-29-52(35,49(61)55-68(63,64)51(5)22-23-51)30-43(58)42-27-37-31-57(42)48(60)40(50(2,3)4)28-45(59)67-44-26-34(44)16-9-7-12-20-39-46(38-19-13-14-21-41(38)54-47(39)66-37)65-25-15-24-56-32-53(62,33-56)36-17-10-8-11-18-36/h6,8,10-11,13-14,17-19,21,34-35,37,40,42,44,62H,1,7,9,12,15-16,20,22-33H2,2-5H3,(H,55,61)/t34-,35-,37-,40-,42+,44-,52-/m1/s1. The van der Waals surface area contributed by atoms with E-state index in [0.717, 1.165) is 61.6 Å². The van der Waals surface area contributed by atoms with Crippen LogP contribution in [-0.4, -0.2) is 108 Å². The summed E-state index contributed by atoms with van der Waals surface area (Å²) in [6.45, 7) is 13.5. The third-order valence-corrected chi connectivity index (χ3v) is 18.0. The summed E-state index contributed by atoms with van der Waals surface area (Å²) in [5.41, 5.74) is -0.467. The smallest absolute Gasteiger partial charge is 0.306 e. The van der Waals surface area contributed by atoms with Gasteiger partial charge < -0.3 is 24.2 Å². The molecule has 5 fully saturated rings. The van der Waals surface area contributed by atoms with E-state index in [-0.39, 0.29) is 55.9 Å². The monoisotopic (exact) mass is 952 g/mol. The van der Waals surface area contributed by atoms with Crippen molar-refractivity contribution in [1.82, 2.24) is 19.5 Å². The van der Waals surface area contributed by atoms with Gasteiger partial charge in [0.15, 0.2) is 5.78 Å². The third-order valence-electron chi connectivity index (χ3n) is 15.8. The Labute approximate surface area is 400 Å². The third kappa shape index (κ3) is 9.81. The summed E-state index contributed by atoms with van der Waals surface area (Å²) in [7, 11) is -3.98. The zero-order chi connectivity index (χ0) is 48.2. The Morgan fingerprint density at radius 3 is 2.46 bits per heavy atom. The summed E-state index contributed by atoms with van der Waals surface area (Å²) in [6.07, 6.45) is 7.25. The lowest BCUT2D eigenvalue weighted by atomic mass is 9.77. The topological polar surface area (TPSA) is 182 Å². The molecule has 366 valence electrons. The number of ether oxygens (including phenoxy) is 3. The van der Waals surface area contributed by atoms with E-state index in [1.807, 2.05) is 75.4 Å². The number of aromatic nitrogens is 1. The average Bonchev–Trinajstić information content (AvgIpc) is 4.25. The van der Waals surface area contributed by atoms with E-state index in [4.69, 9.17) is 19.2 Å². The van der Waals surface area contributed by atoms with Gasteiger partial charge in [0, 0.05) is 37.9 Å². The number of esters is 1. The van der Waals surface area contributed by atoms with Crippen LogP contribution in [0.4, 0.5) is 0 Å². The molecule has 3 saturated carbocycles. The molecular formula is C53H68N4O10S. The number of ketones is 1. The van der Waals surface area contributed by atoms with Gasteiger partial charge in [-0.15, -0.1) is 6.58 Å². The van der Waals surface area contributed by atoms with Crippen molar-refractivity contribution in [3.8, 4) is 11.6 Å². The highest BCUT2D eigenvalue weighted by Gasteiger charge is 2.63. The van der Waals surface area contributed by atoms with Crippen molar-refractivity contribution < 1.29 is 46.9 Å². The van der Waals surface area contributed by atoms with Crippen LogP contribution >= 0.6 is 0 Å². The number of sulfonamides is 1. The Kier molecular flexibility index (Phi) is 13.1. The van der Waals surface area contributed by atoms with E-state index in [2.05, 4.69) is 16.2 Å². The Morgan fingerprint density at radius 2 is 1.75 bits per heavy atom. The molecule has 3 aliphatic carbocycles. The van der Waals surface area contributed by atoms with Crippen LogP contribution in [0.3, 0.4) is 0 Å². The van der Waals surface area contributed by atoms with Gasteiger partial charge in [-0.05, 0) is 93.2 Å². The summed E-state index contributed by atoms with van der Waals surface area (Å²) in [6, 6.07) is 16.5. The molecule has 0 spiro atoms. The summed E-state index contributed by atoms with van der Waals surface area (Å²) >= 11 is 0. The second-order valence-corrected chi connectivity index (χ2v) is 24.2. The number of likely N-dealkylation sites (tertiary alicyclic amines) is 1. The molecule has 6 aliphatic rings. The van der Waals surface area contributed by atoms with E-state index in [1.165, 1.54) is 4.90 Å². The van der Waals surface area contributed by atoms with Crippen molar-refractivity contribution in [1.29, 1.82) is 0 Å². The number of para-hydroxylation sites is 1. The minimum absolute atomic E-state index is 0.0215. The lowest BCUT2D eigenvalue weighted by Gasteiger charge is -2.47. The van der Waals surface area contributed by atoms with E-state index in [0.29, 0.717) is 56.1 Å². The number of amides is 2. The van der Waals surface area contributed by atoms with Crippen LogP contribution in [0.5, 0.6) is 11.6 Å². The number of rotatable bonds is 13. The molecule has 1 aromatic heterocycles. The van der Waals surface area contributed by atoms with Crippen LogP contribution in [0.15, 0.2) is 67.3 Å². The van der Waals surface area contributed by atoms with Crippen molar-refractivity contribution >= 4 is 44.5 Å². The van der Waals surface area contributed by atoms with Crippen LogP contribution in [-0.2, 0) is 46.0 Å². The highest BCUT2D eigenvalue weighted by Crippen LogP contribution is 2.57. The number of β-amino-alcohol motifs (C(OH)–C–C–N with tert-alkyl or cyclic N) is 1. The number of carbonyl (C=O) groups is 4. The van der Waals surface area contributed by atoms with E-state index < -0.39 is 67.1 Å². The van der Waals surface area contributed by atoms with Crippen LogP contribution in [0.25, 0.3) is 10.9 Å². The molecule has 2 bridgehead atoms. The fourth-order valence-electron chi connectivity index (χ4n) is 10.8. The fraction of sp³-hybridized carbons (Fsp3) is 0.604. The number of fused-ring (bicyclic) bond motifs is 5. The largest absolute Gasteiger partial charge is 0.492 e. The summed E-state index contributed by atoms with van der Waals surface area (Å²) in [5, 5.41) is 12.1. The number of aliphatic hydroxyl groups is 1. The van der Waals surface area contributed by atoms with Gasteiger partial charge in [-0.1, -0.05) is 82.2 Å². The van der Waals surface area contributed by atoms with E-state index in [9.17, 15) is 27.9 Å². The number of carbonyl (C=O) groups excluding carboxylic acids is 4. The molecule has 3 aliphatic heterocycles. The molecule has 2 amide bonds. The molecule has 68 heavy (non-hydrogen) atoms. The van der Waals surface area contributed by atoms with Crippen molar-refractivity contribution in [3.63, 3.8) is 0 Å². The Morgan fingerprint density at radius 1 is 1.01 bits per heavy atom. The zero-order valence-electron chi connectivity index (χ0n) is 40.0. The molecule has 2 aromatic carbocycles. The quantitative estimate of drug-likeness (QED) is 0.104. The first kappa shape index (κ1) is 48.2. The first-order valence-corrected chi connectivity index (χ1v) is 26.2. The number of allylic oxidation sites excluding steroid dienone is 1. The highest BCUT2D eigenvalue weighted by molar-refractivity contribution is 7.91. The van der Waals surface area contributed by atoms with Gasteiger partial charge in [-0.2, -0.15) is 0 Å². The number of pyridine rings is 1. The Balaban J connectivity index is 0.999. The second kappa shape index (κ2) is 18.5. The summed E-state index contributed by atoms with van der Waals surface area (Å²) in [4.78, 5) is 66.2. The number of hydrogen-bond acceptors (Lipinski definition) is 12. The van der Waals surface area contributed by atoms with Crippen LogP contribution in [0.2, 0.25) is 0 Å². The normalized spacial score (nSPS) is 29.2. The summed E-state index contributed by atoms with van der Waals surface area (Å²) < 4.78 is 47.4. The zero-order valence-corrected chi connectivity index (χ0v) is 40.9. The van der Waals surface area contributed by atoms with Crippen LogP contribution in [0.1, 0.15) is 116 Å². The maximum Gasteiger partial charge on any atom is 0.306 e. The molecular weight excluding hydrogens is 885 g/mol. The van der Waals surface area contributed by atoms with Crippen LogP contribution in [0, 0.1) is 28.6 Å². The highest BCUT2D eigenvalue weighted by atomic mass is 32.2. The van der Waals surface area contributed by atoms with Crippen LogP contribution < -0.4 is 14.2 Å². The molecule has 4 heterocycles. The molecule has 3 aromatic rings. The number of Topliss-reactive ketones (excluding diaryl/α,β-unsaturated/α-hetero) is 1. The molecule has 0 unspecified atom stereocenters. The average molecular weight is 953 g/mol. The van der Waals surface area contributed by atoms with E-state index in [1.54, 1.807) is 13.0 Å². The molecule has 2 saturated heterocycles. The molecule has 2 N–H and O–H groups in total. The Hall–Kier alpha value is -4.86. The number of hydrogen-bond donors (Lipinski definition) is 2.